The fourth-order valence-electron chi connectivity index (χ4n) is 9.05. The van der Waals surface area contributed by atoms with Crippen LogP contribution in [0.3, 0.4) is 0 Å². The number of aromatic nitrogens is 3. The molecule has 3 atom stereocenters. The Morgan fingerprint density at radius 1 is 1.12 bits per heavy atom. The first-order valence-electron chi connectivity index (χ1n) is 18.6. The number of nitrogens with zero attached hydrogens (tertiary/aromatic N) is 6. The highest BCUT2D eigenvalue weighted by Crippen LogP contribution is 2.54. The van der Waals surface area contributed by atoms with E-state index >= 15 is 22.0 Å². The van der Waals surface area contributed by atoms with E-state index < -0.39 is 63.5 Å². The van der Waals surface area contributed by atoms with Crippen LogP contribution in [0.5, 0.6) is 11.8 Å². The number of hydrogen-bond acceptors (Lipinski definition) is 12. The monoisotopic (exact) mass is 810 g/mol. The molecule has 0 amide bonds. The summed E-state index contributed by atoms with van der Waals surface area (Å²) in [4.78, 5) is 17.2. The number of thiophene rings is 1. The highest BCUT2D eigenvalue weighted by molar-refractivity contribution is 7.23. The molecule has 11 nitrogen and oxygen atoms in total. The molecular weight excluding hydrogens is 775 g/mol. The number of rotatable bonds is 9. The lowest BCUT2D eigenvalue weighted by Gasteiger charge is -2.35. The lowest BCUT2D eigenvalue weighted by atomic mass is 9.91. The van der Waals surface area contributed by atoms with Crippen LogP contribution in [0.4, 0.5) is 43.0 Å². The largest absolute Gasteiger partial charge is 0.490 e. The molecule has 4 aliphatic heterocycles. The zero-order valence-corrected chi connectivity index (χ0v) is 31.2. The minimum absolute atomic E-state index is 0.0175. The molecule has 18 heteroatoms. The van der Waals surface area contributed by atoms with Crippen LogP contribution in [0.15, 0.2) is 30.5 Å². The van der Waals surface area contributed by atoms with Gasteiger partial charge in [0.1, 0.15) is 64.7 Å². The van der Waals surface area contributed by atoms with Crippen LogP contribution in [0, 0.1) is 28.9 Å². The van der Waals surface area contributed by atoms with Crippen molar-refractivity contribution in [3.05, 3.63) is 58.8 Å². The van der Waals surface area contributed by atoms with Crippen molar-refractivity contribution in [3.63, 3.8) is 0 Å². The Morgan fingerprint density at radius 2 is 1.95 bits per heavy atom. The van der Waals surface area contributed by atoms with Gasteiger partial charge < -0.3 is 30.6 Å². The first kappa shape index (κ1) is 37.5. The number of hydrogen-bond donors (Lipinski definition) is 2. The van der Waals surface area contributed by atoms with Crippen molar-refractivity contribution in [3.8, 4) is 29.0 Å². The van der Waals surface area contributed by atoms with Crippen molar-refractivity contribution in [2.45, 2.75) is 56.0 Å². The van der Waals surface area contributed by atoms with Crippen LogP contribution in [-0.2, 0) is 10.9 Å². The molecule has 0 unspecified atom stereocenters. The van der Waals surface area contributed by atoms with Crippen LogP contribution < -0.4 is 25.8 Å². The predicted octanol–water partition coefficient (Wildman–Crippen LogP) is 7.56. The summed E-state index contributed by atoms with van der Waals surface area (Å²) in [6.07, 6.45) is -2.01. The van der Waals surface area contributed by atoms with E-state index in [1.165, 1.54) is 6.20 Å². The maximum Gasteiger partial charge on any atom is 0.420 e. The Morgan fingerprint density at radius 3 is 2.68 bits per heavy atom. The van der Waals surface area contributed by atoms with Crippen LogP contribution in [-0.4, -0.2) is 77.6 Å². The molecule has 0 aliphatic carbocycles. The predicted molar refractivity (Wildman–Crippen MR) is 201 cm³/mol. The zero-order valence-electron chi connectivity index (χ0n) is 30.3. The van der Waals surface area contributed by atoms with Crippen LogP contribution in [0.25, 0.3) is 32.1 Å². The molecule has 0 bridgehead atoms. The van der Waals surface area contributed by atoms with E-state index in [-0.39, 0.29) is 82.3 Å². The van der Waals surface area contributed by atoms with Gasteiger partial charge >= 0.3 is 12.2 Å². The molecule has 5 aromatic rings. The number of benzene rings is 2. The van der Waals surface area contributed by atoms with Crippen molar-refractivity contribution < 1.29 is 40.6 Å². The molecule has 3 fully saturated rings. The normalized spacial score (nSPS) is 21.6. The molecule has 0 saturated carbocycles. The fraction of sp³-hybridized carbons (Fsp3) is 0.436. The highest BCUT2D eigenvalue weighted by Gasteiger charge is 2.50. The molecule has 3 aromatic heterocycles. The fourth-order valence-corrected chi connectivity index (χ4v) is 10.0. The van der Waals surface area contributed by atoms with E-state index in [1.54, 1.807) is 17.0 Å². The summed E-state index contributed by atoms with van der Waals surface area (Å²) in [6, 6.07) is 6.26. The molecule has 4 aliphatic rings. The van der Waals surface area contributed by atoms with Gasteiger partial charge in [0.2, 0.25) is 0 Å². The zero-order chi connectivity index (χ0) is 39.8. The van der Waals surface area contributed by atoms with E-state index in [0.717, 1.165) is 18.6 Å². The van der Waals surface area contributed by atoms with E-state index in [1.807, 2.05) is 11.0 Å². The van der Waals surface area contributed by atoms with Gasteiger partial charge in [0.25, 0.3) is 0 Å². The number of alkyl halides is 4. The number of anilines is 3. The molecule has 2 aromatic carbocycles. The highest BCUT2D eigenvalue weighted by atomic mass is 32.1. The maximum atomic E-state index is 17.7. The molecule has 0 radical (unpaired) electrons. The van der Waals surface area contributed by atoms with Gasteiger partial charge in [-0.25, -0.2) is 18.2 Å². The summed E-state index contributed by atoms with van der Waals surface area (Å²) in [5.41, 5.74) is 8.65. The number of nitrogen functional groups attached to an aromatic ring is 2. The molecule has 298 valence electrons. The SMILES string of the molecule is N#Cc1c(N)sc2c(F)ccc(-c3c(C(F)(F)F)c4c5c(nc(OC[C@@]67CCCN6C[C@H](F)C7)nc5c3F)N([C@H](CCC3COC3)c3cccnc3N)CCO4)c12. The lowest BCUT2D eigenvalue weighted by Crippen LogP contribution is -2.43. The Hall–Kier alpha value is -5.12. The summed E-state index contributed by atoms with van der Waals surface area (Å²) < 4.78 is 112. The van der Waals surface area contributed by atoms with Crippen LogP contribution in [0.1, 0.15) is 54.8 Å². The van der Waals surface area contributed by atoms with Gasteiger partial charge in [0, 0.05) is 41.6 Å². The van der Waals surface area contributed by atoms with E-state index in [2.05, 4.69) is 9.97 Å². The van der Waals surface area contributed by atoms with Crippen molar-refractivity contribution in [1.82, 2.24) is 19.9 Å². The van der Waals surface area contributed by atoms with Crippen molar-refractivity contribution >= 4 is 49.0 Å². The molecule has 4 N–H and O–H groups in total. The first-order valence-corrected chi connectivity index (χ1v) is 19.4. The van der Waals surface area contributed by atoms with Crippen LogP contribution in [0.2, 0.25) is 0 Å². The van der Waals surface area contributed by atoms with Gasteiger partial charge in [0.15, 0.2) is 5.82 Å². The summed E-state index contributed by atoms with van der Waals surface area (Å²) in [6.45, 7) is 1.65. The minimum atomic E-state index is -5.25. The van der Waals surface area contributed by atoms with E-state index in [0.29, 0.717) is 55.9 Å². The summed E-state index contributed by atoms with van der Waals surface area (Å²) in [5.74, 6) is -2.66. The topological polar surface area (TPSA) is 149 Å². The number of halogens is 6. The third kappa shape index (κ3) is 6.21. The van der Waals surface area contributed by atoms with Gasteiger partial charge in [-0.3, -0.25) is 4.90 Å². The van der Waals surface area contributed by atoms with Crippen molar-refractivity contribution in [2.24, 2.45) is 5.92 Å². The Balaban J connectivity index is 1.31. The molecule has 0 spiro atoms. The molecule has 57 heavy (non-hydrogen) atoms. The van der Waals surface area contributed by atoms with E-state index in [4.69, 9.17) is 30.7 Å². The summed E-state index contributed by atoms with van der Waals surface area (Å²) in [7, 11) is 0. The minimum Gasteiger partial charge on any atom is -0.490 e. The second-order valence-corrected chi connectivity index (χ2v) is 16.1. The Labute approximate surface area is 326 Å². The average molecular weight is 811 g/mol. The molecule has 9 rings (SSSR count). The van der Waals surface area contributed by atoms with Crippen molar-refractivity contribution in [1.29, 1.82) is 5.26 Å². The molecule has 3 saturated heterocycles. The number of pyridine rings is 1. The Kier molecular flexibility index (Phi) is 9.24. The van der Waals surface area contributed by atoms with Crippen LogP contribution >= 0.6 is 11.3 Å². The number of fused-ring (bicyclic) bond motifs is 2. The second kappa shape index (κ2) is 14.1. The average Bonchev–Trinajstić information content (AvgIpc) is 3.76. The number of nitriles is 1. The number of nitrogens with two attached hydrogens (primary N) is 2. The lowest BCUT2D eigenvalue weighted by molar-refractivity contribution is -0.138. The van der Waals surface area contributed by atoms with Gasteiger partial charge in [-0.1, -0.05) is 12.1 Å². The van der Waals surface area contributed by atoms with Gasteiger partial charge in [-0.15, -0.1) is 11.3 Å². The first-order chi connectivity index (χ1) is 27.4. The summed E-state index contributed by atoms with van der Waals surface area (Å²) in [5, 5.41) is 9.23. The summed E-state index contributed by atoms with van der Waals surface area (Å²) >= 11 is 0.671. The molecule has 7 heterocycles. The van der Waals surface area contributed by atoms with Gasteiger partial charge in [-0.05, 0) is 49.9 Å². The second-order valence-electron chi connectivity index (χ2n) is 15.1. The quantitative estimate of drug-likeness (QED) is 0.142. The van der Waals surface area contributed by atoms with E-state index in [9.17, 15) is 9.65 Å². The van der Waals surface area contributed by atoms with Crippen molar-refractivity contribution in [2.75, 3.05) is 62.4 Å². The number of ether oxygens (including phenoxy) is 3. The molecular formula is C39H36F6N8O3S. The third-order valence-corrected chi connectivity index (χ3v) is 12.8. The smallest absolute Gasteiger partial charge is 0.420 e. The standard InChI is InChI=1S/C39H36F6N8O3S/c40-20-13-38(8-2-10-52(38)15-20)18-56-37-50-31-28-32(29(39(43,44)45)27(30(31)42)22-5-6-24(41)33-26(22)23(14-46)35(48)57-33)55-12-11-53(36(28)51-37)25(7-4-19-16-54-17-19)21-3-1-9-49-34(21)47/h1,3,5-6,9,19-20,25H,2,4,7-8,10-13,15-18,48H2,(H2,47,49)/t20-,25-,38+/m1/s1. The maximum absolute atomic E-state index is 17.7. The van der Waals surface area contributed by atoms with Gasteiger partial charge in [0.05, 0.1) is 47.0 Å². The van der Waals surface area contributed by atoms with Gasteiger partial charge in [-0.2, -0.15) is 28.4 Å². The Bertz CT molecular complexity index is 2460. The third-order valence-electron chi connectivity index (χ3n) is 11.7.